The largest absolute Gasteiger partial charge is 0.350 e. The van der Waals surface area contributed by atoms with Gasteiger partial charge in [-0.2, -0.15) is 5.10 Å². The SMILES string of the molecule is CCC(C(C(=O)N(C)C)/C(C)=N/NC(N)=O)[N+](=O)[O-]. The van der Waals surface area contributed by atoms with Crippen LogP contribution in [-0.4, -0.2) is 47.6 Å². The normalized spacial score (nSPS) is 14.4. The Balaban J connectivity index is 5.38. The second-order valence-corrected chi connectivity index (χ2v) is 4.20. The fourth-order valence-corrected chi connectivity index (χ4v) is 1.62. The van der Waals surface area contributed by atoms with Crippen molar-refractivity contribution in [2.24, 2.45) is 16.8 Å². The Bertz CT molecular complexity index is 393. The first-order valence-corrected chi connectivity index (χ1v) is 5.66. The number of rotatable bonds is 6. The van der Waals surface area contributed by atoms with Crippen molar-refractivity contribution in [1.82, 2.24) is 10.3 Å². The van der Waals surface area contributed by atoms with E-state index in [0.717, 1.165) is 0 Å². The van der Waals surface area contributed by atoms with E-state index in [2.05, 4.69) is 5.10 Å². The van der Waals surface area contributed by atoms with E-state index >= 15 is 0 Å². The summed E-state index contributed by atoms with van der Waals surface area (Å²) in [5, 5.41) is 14.6. The average molecular weight is 273 g/mol. The number of urea groups is 1. The summed E-state index contributed by atoms with van der Waals surface area (Å²) in [6, 6.07) is -2.00. The van der Waals surface area contributed by atoms with Gasteiger partial charge in [0.2, 0.25) is 11.9 Å². The smallest absolute Gasteiger partial charge is 0.332 e. The molecule has 0 bridgehead atoms. The first-order valence-electron chi connectivity index (χ1n) is 5.66. The molecule has 0 aromatic heterocycles. The summed E-state index contributed by atoms with van der Waals surface area (Å²) in [5.74, 6) is -1.49. The number of primary amides is 1. The second kappa shape index (κ2) is 7.29. The van der Waals surface area contributed by atoms with Crippen LogP contribution in [0.5, 0.6) is 0 Å². The van der Waals surface area contributed by atoms with Crippen LogP contribution in [-0.2, 0) is 4.79 Å². The van der Waals surface area contributed by atoms with E-state index in [1.165, 1.54) is 25.9 Å². The Kier molecular flexibility index (Phi) is 6.45. The van der Waals surface area contributed by atoms with E-state index in [-0.39, 0.29) is 12.1 Å². The summed E-state index contributed by atoms with van der Waals surface area (Å²) in [5.41, 5.74) is 6.97. The molecule has 2 unspecified atom stereocenters. The molecule has 9 nitrogen and oxygen atoms in total. The highest BCUT2D eigenvalue weighted by atomic mass is 16.6. The van der Waals surface area contributed by atoms with Crippen LogP contribution >= 0.6 is 0 Å². The van der Waals surface area contributed by atoms with E-state index in [1.807, 2.05) is 5.43 Å². The minimum absolute atomic E-state index is 0.140. The molecule has 0 radical (unpaired) electrons. The molecule has 3 N–H and O–H groups in total. The summed E-state index contributed by atoms with van der Waals surface area (Å²) >= 11 is 0. The maximum atomic E-state index is 12.0. The van der Waals surface area contributed by atoms with Gasteiger partial charge >= 0.3 is 6.03 Å². The fourth-order valence-electron chi connectivity index (χ4n) is 1.62. The van der Waals surface area contributed by atoms with Crippen molar-refractivity contribution in [3.8, 4) is 0 Å². The molecular weight excluding hydrogens is 254 g/mol. The maximum absolute atomic E-state index is 12.0. The quantitative estimate of drug-likeness (QED) is 0.393. The molecule has 108 valence electrons. The van der Waals surface area contributed by atoms with Crippen molar-refractivity contribution in [3.63, 3.8) is 0 Å². The molecule has 0 rings (SSSR count). The standard InChI is InChI=1S/C10H19N5O4/c1-5-7(15(18)19)8(9(16)14(3)4)6(2)12-13-10(11)17/h7-8H,5H2,1-4H3,(H3,11,13,17)/b12-6+. The van der Waals surface area contributed by atoms with Gasteiger partial charge in [0.15, 0.2) is 0 Å². The molecule has 2 atom stereocenters. The van der Waals surface area contributed by atoms with Crippen LogP contribution in [0.25, 0.3) is 0 Å². The number of carbonyl (C=O) groups excluding carboxylic acids is 2. The Hall–Kier alpha value is -2.19. The molecule has 0 aliphatic carbocycles. The number of nitrogens with two attached hydrogens (primary N) is 1. The zero-order valence-corrected chi connectivity index (χ0v) is 11.4. The van der Waals surface area contributed by atoms with Crippen molar-refractivity contribution in [2.75, 3.05) is 14.1 Å². The summed E-state index contributed by atoms with van der Waals surface area (Å²) in [6.07, 6.45) is 0.167. The Labute approximate surface area is 111 Å². The van der Waals surface area contributed by atoms with Gasteiger partial charge in [-0.25, -0.2) is 10.2 Å². The highest BCUT2D eigenvalue weighted by molar-refractivity contribution is 6.03. The van der Waals surface area contributed by atoms with Gasteiger partial charge in [0.25, 0.3) is 0 Å². The molecule has 0 aromatic carbocycles. The molecule has 9 heteroatoms. The molecule has 0 spiro atoms. The zero-order chi connectivity index (χ0) is 15.2. The second-order valence-electron chi connectivity index (χ2n) is 4.20. The van der Waals surface area contributed by atoms with Gasteiger partial charge in [0.05, 0.1) is 5.71 Å². The van der Waals surface area contributed by atoms with Crippen molar-refractivity contribution in [2.45, 2.75) is 26.3 Å². The van der Waals surface area contributed by atoms with Crippen LogP contribution in [0, 0.1) is 16.0 Å². The Morgan fingerprint density at radius 3 is 2.32 bits per heavy atom. The van der Waals surface area contributed by atoms with Crippen LogP contribution in [0.2, 0.25) is 0 Å². The van der Waals surface area contributed by atoms with Gasteiger partial charge in [-0.15, -0.1) is 0 Å². The first-order chi connectivity index (χ1) is 8.72. The predicted molar refractivity (Wildman–Crippen MR) is 69.1 cm³/mol. The van der Waals surface area contributed by atoms with E-state index in [9.17, 15) is 19.7 Å². The lowest BCUT2D eigenvalue weighted by atomic mass is 9.92. The lowest BCUT2D eigenvalue weighted by Crippen LogP contribution is -2.45. The monoisotopic (exact) mass is 273 g/mol. The third kappa shape index (κ3) is 4.90. The van der Waals surface area contributed by atoms with Crippen molar-refractivity contribution >= 4 is 17.6 Å². The lowest BCUT2D eigenvalue weighted by Gasteiger charge is -2.22. The van der Waals surface area contributed by atoms with Gasteiger partial charge in [-0.05, 0) is 6.92 Å². The minimum Gasteiger partial charge on any atom is -0.350 e. The molecule has 0 fully saturated rings. The number of carbonyl (C=O) groups is 2. The minimum atomic E-state index is -1.10. The fraction of sp³-hybridized carbons (Fsp3) is 0.700. The molecule has 0 aliphatic heterocycles. The number of nitrogens with zero attached hydrogens (tertiary/aromatic N) is 3. The Morgan fingerprint density at radius 1 is 1.47 bits per heavy atom. The number of amides is 3. The van der Waals surface area contributed by atoms with E-state index in [4.69, 9.17) is 5.73 Å². The predicted octanol–water partition coefficient (Wildman–Crippen LogP) is -0.210. The summed E-state index contributed by atoms with van der Waals surface area (Å²) < 4.78 is 0. The van der Waals surface area contributed by atoms with Crippen LogP contribution in [0.4, 0.5) is 4.79 Å². The summed E-state index contributed by atoms with van der Waals surface area (Å²) in [4.78, 5) is 34.3. The number of hydrogen-bond acceptors (Lipinski definition) is 5. The van der Waals surface area contributed by atoms with Crippen molar-refractivity contribution in [3.05, 3.63) is 10.1 Å². The Morgan fingerprint density at radius 2 is 2.00 bits per heavy atom. The van der Waals surface area contributed by atoms with Gasteiger partial charge in [0.1, 0.15) is 5.92 Å². The average Bonchev–Trinajstić information content (AvgIpc) is 2.31. The van der Waals surface area contributed by atoms with E-state index < -0.39 is 28.8 Å². The third-order valence-electron chi connectivity index (χ3n) is 2.57. The van der Waals surface area contributed by atoms with Crippen LogP contribution in [0.15, 0.2) is 5.10 Å². The highest BCUT2D eigenvalue weighted by Gasteiger charge is 2.39. The lowest BCUT2D eigenvalue weighted by molar-refractivity contribution is -0.526. The molecule has 0 heterocycles. The maximum Gasteiger partial charge on any atom is 0.332 e. The third-order valence-corrected chi connectivity index (χ3v) is 2.57. The molecule has 0 aromatic rings. The molecular formula is C10H19N5O4. The van der Waals surface area contributed by atoms with E-state index in [0.29, 0.717) is 0 Å². The van der Waals surface area contributed by atoms with Crippen LogP contribution in [0.1, 0.15) is 20.3 Å². The van der Waals surface area contributed by atoms with Gasteiger partial charge in [-0.3, -0.25) is 14.9 Å². The molecule has 19 heavy (non-hydrogen) atoms. The summed E-state index contributed by atoms with van der Waals surface area (Å²) in [7, 11) is 2.99. The van der Waals surface area contributed by atoms with Gasteiger partial charge in [0, 0.05) is 25.4 Å². The molecule has 0 aliphatic rings. The van der Waals surface area contributed by atoms with Gasteiger partial charge in [-0.1, -0.05) is 6.92 Å². The highest BCUT2D eigenvalue weighted by Crippen LogP contribution is 2.15. The van der Waals surface area contributed by atoms with Crippen molar-refractivity contribution < 1.29 is 14.5 Å². The number of nitrogens with one attached hydrogen (secondary N) is 1. The first kappa shape index (κ1) is 16.8. The van der Waals surface area contributed by atoms with E-state index in [1.54, 1.807) is 6.92 Å². The van der Waals surface area contributed by atoms with Crippen LogP contribution < -0.4 is 11.2 Å². The number of nitro groups is 1. The topological polar surface area (TPSA) is 131 Å². The molecule has 0 saturated heterocycles. The van der Waals surface area contributed by atoms with Crippen molar-refractivity contribution in [1.29, 1.82) is 0 Å². The molecule has 0 saturated carbocycles. The zero-order valence-electron chi connectivity index (χ0n) is 11.4. The number of hydrogen-bond donors (Lipinski definition) is 2. The van der Waals surface area contributed by atoms with Gasteiger partial charge < -0.3 is 10.6 Å². The summed E-state index contributed by atoms with van der Waals surface area (Å²) in [6.45, 7) is 3.05. The van der Waals surface area contributed by atoms with Crippen LogP contribution in [0.3, 0.4) is 0 Å². The number of hydrazone groups is 1. The molecule has 3 amide bonds.